The fourth-order valence-electron chi connectivity index (χ4n) is 5.50. The number of para-hydroxylation sites is 2. The molecule has 2 aliphatic rings. The summed E-state index contributed by atoms with van der Waals surface area (Å²) in [6.07, 6.45) is 0.533. The van der Waals surface area contributed by atoms with Crippen LogP contribution in [-0.4, -0.2) is 39.2 Å². The second kappa shape index (κ2) is 6.18. The maximum absolute atomic E-state index is 13.0. The summed E-state index contributed by atoms with van der Waals surface area (Å²) in [6.45, 7) is 0.262. The van der Waals surface area contributed by atoms with Crippen LogP contribution in [0.2, 0.25) is 0 Å². The number of benzene rings is 3. The summed E-state index contributed by atoms with van der Waals surface area (Å²) >= 11 is 0. The average Bonchev–Trinajstić information content (AvgIpc) is 3.44. The van der Waals surface area contributed by atoms with Gasteiger partial charge in [0, 0.05) is 27.1 Å². The number of hydrogen-bond acceptors (Lipinski definition) is 4. The van der Waals surface area contributed by atoms with E-state index in [1.54, 1.807) is 0 Å². The van der Waals surface area contributed by atoms with E-state index in [-0.39, 0.29) is 24.6 Å². The number of fused-ring (bicyclic) bond motifs is 10. The van der Waals surface area contributed by atoms with Crippen LogP contribution in [0.1, 0.15) is 39.8 Å². The minimum absolute atomic E-state index is 0.262. The first-order chi connectivity index (χ1) is 15.6. The van der Waals surface area contributed by atoms with Crippen molar-refractivity contribution in [3.8, 4) is 0 Å². The summed E-state index contributed by atoms with van der Waals surface area (Å²) in [5.41, 5.74) is 4.36. The van der Waals surface area contributed by atoms with E-state index in [9.17, 15) is 14.7 Å². The second-order valence-electron chi connectivity index (χ2n) is 8.58. The smallest absolute Gasteiger partial charge is 0.259 e. The molecule has 5 aromatic rings. The van der Waals surface area contributed by atoms with E-state index >= 15 is 0 Å². The Hall–Kier alpha value is -3.68. The molecule has 4 heterocycles. The van der Waals surface area contributed by atoms with Gasteiger partial charge in [-0.3, -0.25) is 14.9 Å². The quantitative estimate of drug-likeness (QED) is 0.354. The molecule has 3 aromatic carbocycles. The lowest BCUT2D eigenvalue weighted by atomic mass is 9.96. The van der Waals surface area contributed by atoms with E-state index in [0.717, 1.165) is 43.6 Å². The highest BCUT2D eigenvalue weighted by Crippen LogP contribution is 2.45. The van der Waals surface area contributed by atoms with Gasteiger partial charge in [-0.25, -0.2) is 0 Å². The zero-order chi connectivity index (χ0) is 21.6. The number of hydrogen-bond donors (Lipinski definition) is 3. The Bertz CT molecular complexity index is 1620. The molecule has 3 N–H and O–H groups in total. The first kappa shape index (κ1) is 17.9. The van der Waals surface area contributed by atoms with Gasteiger partial charge in [-0.2, -0.15) is 0 Å². The number of aliphatic hydroxyl groups is 1. The van der Waals surface area contributed by atoms with Crippen molar-refractivity contribution in [3.63, 3.8) is 0 Å². The lowest BCUT2D eigenvalue weighted by Gasteiger charge is -2.28. The zero-order valence-electron chi connectivity index (χ0n) is 17.0. The number of H-pyrrole nitrogens is 1. The van der Waals surface area contributed by atoms with Crippen molar-refractivity contribution >= 4 is 55.4 Å². The van der Waals surface area contributed by atoms with Gasteiger partial charge in [0.2, 0.25) is 0 Å². The number of imide groups is 1. The molecule has 7 nitrogen and oxygen atoms in total. The maximum atomic E-state index is 13.0. The molecule has 0 radical (unpaired) electrons. The Kier molecular flexibility index (Phi) is 3.47. The first-order valence-electron chi connectivity index (χ1n) is 10.8. The molecule has 7 heteroatoms. The predicted molar refractivity (Wildman–Crippen MR) is 121 cm³/mol. The number of amides is 2. The van der Waals surface area contributed by atoms with Crippen LogP contribution in [0, 0.1) is 0 Å². The highest BCUT2D eigenvalue weighted by molar-refractivity contribution is 6.39. The zero-order valence-corrected chi connectivity index (χ0v) is 17.0. The van der Waals surface area contributed by atoms with Crippen LogP contribution in [0.5, 0.6) is 0 Å². The van der Waals surface area contributed by atoms with Crippen molar-refractivity contribution in [2.24, 2.45) is 0 Å². The third-order valence-electron chi connectivity index (χ3n) is 6.80. The van der Waals surface area contributed by atoms with Crippen LogP contribution in [0.4, 0.5) is 0 Å². The van der Waals surface area contributed by atoms with E-state index in [1.165, 1.54) is 0 Å². The summed E-state index contributed by atoms with van der Waals surface area (Å²) in [4.78, 5) is 29.5. The highest BCUT2D eigenvalue weighted by Gasteiger charge is 2.37. The minimum atomic E-state index is -0.472. The molecule has 2 unspecified atom stereocenters. The molecule has 7 rings (SSSR count). The number of aromatic amines is 1. The third kappa shape index (κ3) is 2.16. The van der Waals surface area contributed by atoms with E-state index in [0.29, 0.717) is 24.0 Å². The Morgan fingerprint density at radius 2 is 1.62 bits per heavy atom. The normalized spacial score (nSPS) is 21.2. The van der Waals surface area contributed by atoms with Gasteiger partial charge in [0.1, 0.15) is 6.23 Å². The molecule has 0 bridgehead atoms. The van der Waals surface area contributed by atoms with Gasteiger partial charge >= 0.3 is 0 Å². The predicted octanol–water partition coefficient (Wildman–Crippen LogP) is 3.98. The van der Waals surface area contributed by atoms with Crippen LogP contribution >= 0.6 is 0 Å². The molecule has 0 saturated carbocycles. The van der Waals surface area contributed by atoms with Gasteiger partial charge in [-0.05, 0) is 25.0 Å². The van der Waals surface area contributed by atoms with Gasteiger partial charge in [-0.1, -0.05) is 36.4 Å². The number of rotatable bonds is 1. The Morgan fingerprint density at radius 1 is 0.906 bits per heavy atom. The lowest BCUT2D eigenvalue weighted by Crippen LogP contribution is -2.27. The fraction of sp³-hybridized carbons (Fsp3) is 0.200. The Labute approximate surface area is 181 Å². The average molecular weight is 425 g/mol. The van der Waals surface area contributed by atoms with Crippen LogP contribution in [0.15, 0.2) is 48.5 Å². The summed E-state index contributed by atoms with van der Waals surface area (Å²) in [7, 11) is 0. The van der Waals surface area contributed by atoms with E-state index in [2.05, 4.69) is 14.9 Å². The Balaban J connectivity index is 1.75. The molecule has 2 aromatic heterocycles. The molecule has 32 heavy (non-hydrogen) atoms. The van der Waals surface area contributed by atoms with Crippen molar-refractivity contribution < 1.29 is 19.4 Å². The van der Waals surface area contributed by atoms with Gasteiger partial charge < -0.3 is 19.4 Å². The fourth-order valence-corrected chi connectivity index (χ4v) is 5.50. The second-order valence-corrected chi connectivity index (χ2v) is 8.58. The number of carbonyl (C=O) groups excluding carboxylic acids is 2. The standard InChI is InChI=1S/C25H19N3O4/c29-12-9-10-17(32-11-12)28-16-8-4-2-6-14(16)19-21-20(24(30)27-25(21)31)18-13-5-1-3-7-15(13)26-22(18)23(19)28/h1-8,12,17,26,29H,9-11H2,(H,27,30,31). The summed E-state index contributed by atoms with van der Waals surface area (Å²) in [6, 6.07) is 15.7. The number of aromatic nitrogens is 2. The largest absolute Gasteiger partial charge is 0.391 e. The van der Waals surface area contributed by atoms with Crippen LogP contribution in [-0.2, 0) is 4.74 Å². The van der Waals surface area contributed by atoms with Crippen molar-refractivity contribution in [1.29, 1.82) is 0 Å². The first-order valence-corrected chi connectivity index (χ1v) is 10.8. The van der Waals surface area contributed by atoms with E-state index in [1.807, 2.05) is 48.5 Å². The molecule has 0 aliphatic carbocycles. The maximum Gasteiger partial charge on any atom is 0.259 e. The van der Waals surface area contributed by atoms with Gasteiger partial charge in [0.25, 0.3) is 11.8 Å². The number of nitrogens with zero attached hydrogens (tertiary/aromatic N) is 1. The molecular weight excluding hydrogens is 406 g/mol. The molecule has 2 atom stereocenters. The molecule has 158 valence electrons. The van der Waals surface area contributed by atoms with Crippen molar-refractivity contribution in [2.45, 2.75) is 25.2 Å². The van der Waals surface area contributed by atoms with Crippen LogP contribution in [0.25, 0.3) is 43.6 Å². The van der Waals surface area contributed by atoms with Crippen LogP contribution in [0.3, 0.4) is 0 Å². The number of carbonyl (C=O) groups is 2. The summed E-state index contributed by atoms with van der Waals surface area (Å²) in [5, 5.41) is 15.8. The lowest BCUT2D eigenvalue weighted by molar-refractivity contribution is -0.0849. The molecular formula is C25H19N3O4. The molecule has 1 saturated heterocycles. The van der Waals surface area contributed by atoms with Crippen molar-refractivity contribution in [3.05, 3.63) is 59.7 Å². The molecule has 2 amide bonds. The summed E-state index contributed by atoms with van der Waals surface area (Å²) < 4.78 is 8.20. The molecule has 2 aliphatic heterocycles. The third-order valence-corrected chi connectivity index (χ3v) is 6.80. The van der Waals surface area contributed by atoms with E-state index < -0.39 is 6.10 Å². The van der Waals surface area contributed by atoms with Gasteiger partial charge in [-0.15, -0.1) is 0 Å². The van der Waals surface area contributed by atoms with E-state index in [4.69, 9.17) is 4.74 Å². The number of aliphatic hydroxyl groups excluding tert-OH is 1. The number of nitrogens with one attached hydrogen (secondary N) is 2. The molecule has 1 fully saturated rings. The van der Waals surface area contributed by atoms with Crippen molar-refractivity contribution in [1.82, 2.24) is 14.9 Å². The summed E-state index contributed by atoms with van der Waals surface area (Å²) in [5.74, 6) is -0.736. The van der Waals surface area contributed by atoms with Gasteiger partial charge in [0.05, 0.1) is 40.4 Å². The highest BCUT2D eigenvalue weighted by atomic mass is 16.5. The van der Waals surface area contributed by atoms with Gasteiger partial charge in [0.15, 0.2) is 0 Å². The molecule has 0 spiro atoms. The monoisotopic (exact) mass is 425 g/mol. The Morgan fingerprint density at radius 3 is 2.41 bits per heavy atom. The van der Waals surface area contributed by atoms with Crippen LogP contribution < -0.4 is 5.32 Å². The topological polar surface area (TPSA) is 96.4 Å². The minimum Gasteiger partial charge on any atom is -0.391 e. The SMILES string of the molecule is O=C1NC(=O)c2c1c1c3ccccc3[nH]c1c1c2c2ccccc2n1C1CCC(O)CO1. The van der Waals surface area contributed by atoms with Crippen molar-refractivity contribution in [2.75, 3.05) is 6.61 Å². The number of ether oxygens (including phenoxy) is 1.